The molecule has 3 heteroatoms. The highest BCUT2D eigenvalue weighted by molar-refractivity contribution is 6.15. The number of Topliss-reactive ketones (excluding diaryl/α,β-unsaturated/α-hetero) is 2. The Morgan fingerprint density at radius 3 is 2.68 bits per heavy atom. The minimum atomic E-state index is -0.252. The first-order valence-electron chi connectivity index (χ1n) is 8.23. The first kappa shape index (κ1) is 14.0. The third kappa shape index (κ3) is 1.57. The van der Waals surface area contributed by atoms with Gasteiger partial charge in [0, 0.05) is 11.8 Å². The van der Waals surface area contributed by atoms with Crippen LogP contribution in [0.2, 0.25) is 0 Å². The second-order valence-electron chi connectivity index (χ2n) is 7.98. The quantitative estimate of drug-likeness (QED) is 0.665. The molecule has 0 aliphatic heterocycles. The number of hydrogen-bond donors (Lipinski definition) is 0. The van der Waals surface area contributed by atoms with Crippen molar-refractivity contribution in [3.05, 3.63) is 35.3 Å². The van der Waals surface area contributed by atoms with Crippen LogP contribution in [0.25, 0.3) is 0 Å². The molecule has 3 aliphatic carbocycles. The van der Waals surface area contributed by atoms with Crippen LogP contribution in [0.15, 0.2) is 28.4 Å². The van der Waals surface area contributed by atoms with E-state index in [9.17, 15) is 9.59 Å². The summed E-state index contributed by atoms with van der Waals surface area (Å²) in [7, 11) is 0. The van der Waals surface area contributed by atoms with Gasteiger partial charge in [0.25, 0.3) is 0 Å². The Kier molecular flexibility index (Phi) is 2.68. The molecule has 116 valence electrons. The van der Waals surface area contributed by atoms with Crippen LogP contribution in [0.1, 0.15) is 67.4 Å². The molecule has 3 nitrogen and oxygen atoms in total. The Labute approximate surface area is 130 Å². The molecule has 4 rings (SSSR count). The van der Waals surface area contributed by atoms with Gasteiger partial charge in [-0.25, -0.2) is 0 Å². The zero-order valence-electron chi connectivity index (χ0n) is 13.4. The van der Waals surface area contributed by atoms with Crippen molar-refractivity contribution in [1.29, 1.82) is 0 Å². The fraction of sp³-hybridized carbons (Fsp3) is 0.579. The van der Waals surface area contributed by atoms with Crippen LogP contribution >= 0.6 is 0 Å². The van der Waals surface area contributed by atoms with Crippen molar-refractivity contribution < 1.29 is 14.0 Å². The van der Waals surface area contributed by atoms with Gasteiger partial charge in [-0.05, 0) is 36.2 Å². The molecule has 0 bridgehead atoms. The average Bonchev–Trinajstić information content (AvgIpc) is 2.93. The Morgan fingerprint density at radius 2 is 1.91 bits per heavy atom. The number of fused-ring (bicyclic) bond motifs is 4. The van der Waals surface area contributed by atoms with E-state index in [0.29, 0.717) is 12.0 Å². The van der Waals surface area contributed by atoms with Crippen LogP contribution in [0.5, 0.6) is 0 Å². The Hall–Kier alpha value is -1.64. The average molecular weight is 298 g/mol. The molecular formula is C19H22O3. The molecule has 0 aromatic carbocycles. The predicted octanol–water partition coefficient (Wildman–Crippen LogP) is 4.44. The van der Waals surface area contributed by atoms with Gasteiger partial charge >= 0.3 is 0 Å². The zero-order valence-corrected chi connectivity index (χ0v) is 13.4. The SMILES string of the molecule is CC1(C)CCC[C@@]2(C)C1=CC[C@H]1C(=O)c3ccoc3C(=O)[C@H]12. The standard InChI is InChI=1S/C19H22O3/c1-18(2)8-4-9-19(3)13(18)6-5-11-14(19)16(21)17-12(15(11)20)7-10-22-17/h6-7,10-11,14H,4-5,8-9H2,1-3H3/t11-,14+,19+/m1/s1. The fourth-order valence-corrected chi connectivity index (χ4v) is 5.36. The Morgan fingerprint density at radius 1 is 1.14 bits per heavy atom. The van der Waals surface area contributed by atoms with Crippen molar-refractivity contribution in [2.45, 2.75) is 46.5 Å². The maximum Gasteiger partial charge on any atom is 0.203 e. The van der Waals surface area contributed by atoms with E-state index in [-0.39, 0.29) is 40.0 Å². The van der Waals surface area contributed by atoms with E-state index in [1.54, 1.807) is 6.07 Å². The molecule has 0 amide bonds. The van der Waals surface area contributed by atoms with Crippen LogP contribution in [0.3, 0.4) is 0 Å². The summed E-state index contributed by atoms with van der Waals surface area (Å²) in [6.45, 7) is 6.73. The van der Waals surface area contributed by atoms with Crippen LogP contribution in [0.4, 0.5) is 0 Å². The number of carbonyl (C=O) groups is 2. The molecule has 0 N–H and O–H groups in total. The van der Waals surface area contributed by atoms with E-state index in [2.05, 4.69) is 26.8 Å². The van der Waals surface area contributed by atoms with Gasteiger partial charge in [0.05, 0.1) is 11.8 Å². The smallest absolute Gasteiger partial charge is 0.203 e. The van der Waals surface area contributed by atoms with Crippen molar-refractivity contribution in [3.63, 3.8) is 0 Å². The number of rotatable bonds is 0. The Balaban J connectivity index is 1.89. The van der Waals surface area contributed by atoms with Crippen molar-refractivity contribution in [1.82, 2.24) is 0 Å². The van der Waals surface area contributed by atoms with Crippen LogP contribution in [0, 0.1) is 22.7 Å². The van der Waals surface area contributed by atoms with E-state index in [4.69, 9.17) is 4.42 Å². The second kappa shape index (κ2) is 4.21. The molecular weight excluding hydrogens is 276 g/mol. The molecule has 3 atom stereocenters. The zero-order chi connectivity index (χ0) is 15.7. The maximum absolute atomic E-state index is 13.1. The highest BCUT2D eigenvalue weighted by Crippen LogP contribution is 2.60. The second-order valence-corrected chi connectivity index (χ2v) is 7.98. The predicted molar refractivity (Wildman–Crippen MR) is 82.8 cm³/mol. The third-order valence-corrected chi connectivity index (χ3v) is 6.28. The monoisotopic (exact) mass is 298 g/mol. The molecule has 0 spiro atoms. The first-order chi connectivity index (χ1) is 10.4. The van der Waals surface area contributed by atoms with Gasteiger partial charge in [0.15, 0.2) is 11.5 Å². The van der Waals surface area contributed by atoms with Crippen molar-refractivity contribution in [3.8, 4) is 0 Å². The van der Waals surface area contributed by atoms with E-state index >= 15 is 0 Å². The molecule has 0 unspecified atom stereocenters. The lowest BCUT2D eigenvalue weighted by Crippen LogP contribution is -2.51. The highest BCUT2D eigenvalue weighted by Gasteiger charge is 2.57. The molecule has 1 heterocycles. The van der Waals surface area contributed by atoms with E-state index in [1.807, 2.05) is 0 Å². The summed E-state index contributed by atoms with van der Waals surface area (Å²) in [4.78, 5) is 25.8. The number of furan rings is 1. The first-order valence-corrected chi connectivity index (χ1v) is 8.23. The van der Waals surface area contributed by atoms with Crippen molar-refractivity contribution in [2.75, 3.05) is 0 Å². The summed E-state index contributed by atoms with van der Waals surface area (Å²) in [6.07, 6.45) is 7.67. The number of hydrogen-bond acceptors (Lipinski definition) is 3. The Bertz CT molecular complexity index is 706. The van der Waals surface area contributed by atoms with Crippen LogP contribution in [-0.4, -0.2) is 11.6 Å². The van der Waals surface area contributed by atoms with Gasteiger partial charge < -0.3 is 4.42 Å². The lowest BCUT2D eigenvalue weighted by atomic mass is 9.48. The lowest BCUT2D eigenvalue weighted by molar-refractivity contribution is 0.0391. The van der Waals surface area contributed by atoms with Gasteiger partial charge in [0.1, 0.15) is 0 Å². The number of carbonyl (C=O) groups excluding carboxylic acids is 2. The van der Waals surface area contributed by atoms with Crippen LogP contribution < -0.4 is 0 Å². The van der Waals surface area contributed by atoms with Crippen molar-refractivity contribution >= 4 is 11.6 Å². The molecule has 22 heavy (non-hydrogen) atoms. The van der Waals surface area contributed by atoms with Gasteiger partial charge in [-0.3, -0.25) is 9.59 Å². The van der Waals surface area contributed by atoms with Gasteiger partial charge in [-0.2, -0.15) is 0 Å². The fourth-order valence-electron chi connectivity index (χ4n) is 5.36. The highest BCUT2D eigenvalue weighted by atomic mass is 16.3. The molecule has 1 aromatic rings. The summed E-state index contributed by atoms with van der Waals surface area (Å²) < 4.78 is 5.37. The molecule has 1 saturated carbocycles. The number of ketones is 2. The topological polar surface area (TPSA) is 47.3 Å². The molecule has 1 fully saturated rings. The summed E-state index contributed by atoms with van der Waals surface area (Å²) in [5.74, 6) is -0.0424. The minimum absolute atomic E-state index is 0.0374. The van der Waals surface area contributed by atoms with Crippen LogP contribution in [-0.2, 0) is 0 Å². The molecule has 3 aliphatic rings. The van der Waals surface area contributed by atoms with E-state index in [0.717, 1.165) is 19.3 Å². The summed E-state index contributed by atoms with van der Waals surface area (Å²) in [5, 5.41) is 0. The summed E-state index contributed by atoms with van der Waals surface area (Å²) >= 11 is 0. The summed E-state index contributed by atoms with van der Waals surface area (Å²) in [6, 6.07) is 1.65. The maximum atomic E-state index is 13.1. The van der Waals surface area contributed by atoms with Gasteiger partial charge in [-0.15, -0.1) is 0 Å². The number of allylic oxidation sites excluding steroid dienone is 2. The molecule has 0 radical (unpaired) electrons. The minimum Gasteiger partial charge on any atom is -0.460 e. The molecule has 1 aromatic heterocycles. The lowest BCUT2D eigenvalue weighted by Gasteiger charge is -2.54. The largest absolute Gasteiger partial charge is 0.460 e. The summed E-state index contributed by atoms with van der Waals surface area (Å²) in [5.41, 5.74) is 1.78. The third-order valence-electron chi connectivity index (χ3n) is 6.28. The van der Waals surface area contributed by atoms with Gasteiger partial charge in [0.2, 0.25) is 5.78 Å². The van der Waals surface area contributed by atoms with E-state index in [1.165, 1.54) is 11.8 Å². The normalized spacial score (nSPS) is 36.2. The van der Waals surface area contributed by atoms with E-state index < -0.39 is 0 Å². The molecule has 0 saturated heterocycles. The van der Waals surface area contributed by atoms with Crippen molar-refractivity contribution in [2.24, 2.45) is 22.7 Å². The van der Waals surface area contributed by atoms with Gasteiger partial charge in [-0.1, -0.05) is 38.8 Å².